The van der Waals surface area contributed by atoms with Gasteiger partial charge in [0.1, 0.15) is 5.69 Å². The van der Waals surface area contributed by atoms with Gasteiger partial charge in [-0.25, -0.2) is 4.68 Å². The third-order valence-electron chi connectivity index (χ3n) is 3.40. The van der Waals surface area contributed by atoms with Crippen LogP contribution in [0.4, 0.5) is 0 Å². The second kappa shape index (κ2) is 5.70. The van der Waals surface area contributed by atoms with E-state index in [-0.39, 0.29) is 0 Å². The predicted octanol–water partition coefficient (Wildman–Crippen LogP) is 4.29. The molecule has 0 spiro atoms. The molecule has 0 fully saturated rings. The molecule has 0 aliphatic rings. The lowest BCUT2D eigenvalue weighted by molar-refractivity contribution is 0.803. The minimum Gasteiger partial charge on any atom is -0.213 e. The second-order valence-electron chi connectivity index (χ2n) is 5.14. The maximum atomic E-state index is 6.04. The fourth-order valence-corrected chi connectivity index (χ4v) is 2.60. The van der Waals surface area contributed by atoms with Crippen LogP contribution in [0.2, 0.25) is 0 Å². The monoisotopic (exact) mass is 297 g/mol. The van der Waals surface area contributed by atoms with Gasteiger partial charge in [0.2, 0.25) is 0 Å². The van der Waals surface area contributed by atoms with Gasteiger partial charge in [-0.3, -0.25) is 0 Å². The Balaban J connectivity index is 2.21. The number of aryl methyl sites for hydroxylation is 2. The van der Waals surface area contributed by atoms with E-state index in [1.165, 1.54) is 11.1 Å². The molecule has 0 bridgehead atoms. The van der Waals surface area contributed by atoms with E-state index >= 15 is 0 Å². The van der Waals surface area contributed by atoms with Gasteiger partial charge in [-0.1, -0.05) is 41.1 Å². The zero-order valence-electron chi connectivity index (χ0n) is 12.0. The molecule has 3 aromatic rings. The molecule has 1 aromatic heterocycles. The average Bonchev–Trinajstić information content (AvgIpc) is 2.91. The van der Waals surface area contributed by atoms with Crippen molar-refractivity contribution in [3.63, 3.8) is 0 Å². The van der Waals surface area contributed by atoms with Gasteiger partial charge in [0.05, 0.1) is 17.3 Å². The van der Waals surface area contributed by atoms with E-state index < -0.39 is 0 Å². The van der Waals surface area contributed by atoms with Crippen LogP contribution in [-0.4, -0.2) is 15.0 Å². The minimum absolute atomic E-state index is 0.342. The molecule has 21 heavy (non-hydrogen) atoms. The summed E-state index contributed by atoms with van der Waals surface area (Å²) in [6, 6.07) is 16.5. The molecule has 2 aromatic carbocycles. The fourth-order valence-electron chi connectivity index (χ4n) is 2.42. The molecule has 0 aliphatic heterocycles. The molecule has 0 amide bonds. The standard InChI is InChI=1S/C17H16ClN3/c1-12-5-3-7-14(9-12)17-16(11-18)19-20-21(17)15-8-4-6-13(2)10-15/h3-10H,11H2,1-2H3. The molecule has 1 heterocycles. The second-order valence-corrected chi connectivity index (χ2v) is 5.41. The molecule has 0 saturated carbocycles. The fraction of sp³-hybridized carbons (Fsp3) is 0.176. The van der Waals surface area contributed by atoms with Crippen molar-refractivity contribution >= 4 is 11.6 Å². The molecule has 0 radical (unpaired) electrons. The smallest absolute Gasteiger partial charge is 0.106 e. The molecule has 0 unspecified atom stereocenters. The highest BCUT2D eigenvalue weighted by Crippen LogP contribution is 2.27. The van der Waals surface area contributed by atoms with Crippen molar-refractivity contribution in [3.05, 3.63) is 65.4 Å². The Hall–Kier alpha value is -2.13. The number of nitrogens with zero attached hydrogens (tertiary/aromatic N) is 3. The van der Waals surface area contributed by atoms with E-state index in [2.05, 4.69) is 54.5 Å². The molecular formula is C17H16ClN3. The van der Waals surface area contributed by atoms with Crippen LogP contribution in [0.5, 0.6) is 0 Å². The van der Waals surface area contributed by atoms with Crippen LogP contribution >= 0.6 is 11.6 Å². The summed E-state index contributed by atoms with van der Waals surface area (Å²) in [4.78, 5) is 0. The third kappa shape index (κ3) is 2.69. The summed E-state index contributed by atoms with van der Waals surface area (Å²) in [5.41, 5.74) is 6.21. The Morgan fingerprint density at radius 2 is 1.71 bits per heavy atom. The lowest BCUT2D eigenvalue weighted by Crippen LogP contribution is -2.00. The number of halogens is 1. The van der Waals surface area contributed by atoms with Crippen LogP contribution < -0.4 is 0 Å². The molecule has 0 atom stereocenters. The van der Waals surface area contributed by atoms with Crippen LogP contribution in [-0.2, 0) is 5.88 Å². The maximum absolute atomic E-state index is 6.04. The first-order valence-corrected chi connectivity index (χ1v) is 7.37. The van der Waals surface area contributed by atoms with Gasteiger partial charge in [-0.05, 0) is 37.6 Å². The first kappa shape index (κ1) is 13.8. The highest BCUT2D eigenvalue weighted by Gasteiger charge is 2.15. The Bertz CT molecular complexity index is 777. The highest BCUT2D eigenvalue weighted by molar-refractivity contribution is 6.17. The highest BCUT2D eigenvalue weighted by atomic mass is 35.5. The first-order chi connectivity index (χ1) is 10.2. The average molecular weight is 298 g/mol. The lowest BCUT2D eigenvalue weighted by Gasteiger charge is -2.09. The van der Waals surface area contributed by atoms with E-state index in [1.807, 2.05) is 22.9 Å². The van der Waals surface area contributed by atoms with E-state index in [0.717, 1.165) is 22.6 Å². The number of hydrogen-bond donors (Lipinski definition) is 0. The Kier molecular flexibility index (Phi) is 3.76. The Labute approximate surface area is 129 Å². The molecule has 3 rings (SSSR count). The maximum Gasteiger partial charge on any atom is 0.106 e. The van der Waals surface area contributed by atoms with Gasteiger partial charge >= 0.3 is 0 Å². The molecule has 0 aliphatic carbocycles. The topological polar surface area (TPSA) is 30.7 Å². The SMILES string of the molecule is Cc1cccc(-c2c(CCl)nnn2-c2cccc(C)c2)c1. The van der Waals surface area contributed by atoms with Crippen LogP contribution in [0, 0.1) is 13.8 Å². The van der Waals surface area contributed by atoms with E-state index in [0.29, 0.717) is 5.88 Å². The summed E-state index contributed by atoms with van der Waals surface area (Å²) >= 11 is 6.04. The Morgan fingerprint density at radius 3 is 2.38 bits per heavy atom. The first-order valence-electron chi connectivity index (χ1n) is 6.83. The molecule has 0 saturated heterocycles. The largest absolute Gasteiger partial charge is 0.213 e. The van der Waals surface area contributed by atoms with E-state index in [4.69, 9.17) is 11.6 Å². The van der Waals surface area contributed by atoms with Gasteiger partial charge in [0.25, 0.3) is 0 Å². The van der Waals surface area contributed by atoms with Crippen LogP contribution in [0.15, 0.2) is 48.5 Å². The zero-order chi connectivity index (χ0) is 14.8. The third-order valence-corrected chi connectivity index (χ3v) is 3.66. The number of hydrogen-bond acceptors (Lipinski definition) is 2. The minimum atomic E-state index is 0.342. The molecule has 0 N–H and O–H groups in total. The van der Waals surface area contributed by atoms with Crippen molar-refractivity contribution in [2.24, 2.45) is 0 Å². The van der Waals surface area contributed by atoms with E-state index in [1.54, 1.807) is 0 Å². The normalized spacial score (nSPS) is 10.8. The van der Waals surface area contributed by atoms with Crippen LogP contribution in [0.1, 0.15) is 16.8 Å². The van der Waals surface area contributed by atoms with Gasteiger partial charge in [0.15, 0.2) is 0 Å². The molecule has 4 heteroatoms. The van der Waals surface area contributed by atoms with Crippen molar-refractivity contribution in [1.82, 2.24) is 15.0 Å². The lowest BCUT2D eigenvalue weighted by atomic mass is 10.1. The number of rotatable bonds is 3. The van der Waals surface area contributed by atoms with Crippen LogP contribution in [0.25, 0.3) is 16.9 Å². The van der Waals surface area contributed by atoms with Gasteiger partial charge in [-0.15, -0.1) is 16.7 Å². The summed E-state index contributed by atoms with van der Waals surface area (Å²) in [7, 11) is 0. The summed E-state index contributed by atoms with van der Waals surface area (Å²) in [6.45, 7) is 4.14. The van der Waals surface area contributed by atoms with Gasteiger partial charge in [0, 0.05) is 5.56 Å². The van der Waals surface area contributed by atoms with Crippen LogP contribution in [0.3, 0.4) is 0 Å². The predicted molar refractivity (Wildman–Crippen MR) is 85.8 cm³/mol. The Morgan fingerprint density at radius 1 is 1.00 bits per heavy atom. The van der Waals surface area contributed by atoms with E-state index in [9.17, 15) is 0 Å². The molecule has 106 valence electrons. The zero-order valence-corrected chi connectivity index (χ0v) is 12.8. The quantitative estimate of drug-likeness (QED) is 0.675. The van der Waals surface area contributed by atoms with Crippen molar-refractivity contribution in [2.45, 2.75) is 19.7 Å². The number of benzene rings is 2. The van der Waals surface area contributed by atoms with Crippen molar-refractivity contribution in [3.8, 4) is 16.9 Å². The number of alkyl halides is 1. The van der Waals surface area contributed by atoms with Crippen molar-refractivity contribution in [2.75, 3.05) is 0 Å². The summed E-state index contributed by atoms with van der Waals surface area (Å²) in [6.07, 6.45) is 0. The van der Waals surface area contributed by atoms with Gasteiger partial charge < -0.3 is 0 Å². The van der Waals surface area contributed by atoms with Crippen molar-refractivity contribution < 1.29 is 0 Å². The molecular weight excluding hydrogens is 282 g/mol. The molecule has 3 nitrogen and oxygen atoms in total. The summed E-state index contributed by atoms with van der Waals surface area (Å²) in [5.74, 6) is 0.342. The summed E-state index contributed by atoms with van der Waals surface area (Å²) in [5, 5.41) is 8.51. The number of aromatic nitrogens is 3. The summed E-state index contributed by atoms with van der Waals surface area (Å²) < 4.78 is 1.86. The van der Waals surface area contributed by atoms with Crippen molar-refractivity contribution in [1.29, 1.82) is 0 Å². The van der Waals surface area contributed by atoms with Gasteiger partial charge in [-0.2, -0.15) is 0 Å².